The predicted octanol–water partition coefficient (Wildman–Crippen LogP) is 1.19. The van der Waals surface area contributed by atoms with E-state index < -0.39 is 42.9 Å². The molecule has 0 spiro atoms. The topological polar surface area (TPSA) is 105 Å². The van der Waals surface area contributed by atoms with Crippen molar-refractivity contribution >= 4 is 23.9 Å². The molecule has 0 amide bonds. The summed E-state index contributed by atoms with van der Waals surface area (Å²) in [6.07, 6.45) is -2.64. The molecular weight excluding hydrogens is 320 g/mol. The number of hydrogen-bond acceptors (Lipinski definition) is 8. The van der Waals surface area contributed by atoms with Crippen molar-refractivity contribution in [2.75, 3.05) is 6.61 Å². The zero-order chi connectivity index (χ0) is 18.3. The van der Waals surface area contributed by atoms with Crippen LogP contribution in [-0.2, 0) is 38.1 Å². The maximum absolute atomic E-state index is 11.7. The molecule has 0 aromatic carbocycles. The third kappa shape index (κ3) is 6.23. The summed E-state index contributed by atoms with van der Waals surface area (Å²) in [5.74, 6) is -2.84. The van der Waals surface area contributed by atoms with Crippen molar-refractivity contribution in [1.82, 2.24) is 0 Å². The molecule has 0 aromatic rings. The van der Waals surface area contributed by atoms with Gasteiger partial charge in [-0.1, -0.05) is 13.2 Å². The Morgan fingerprint density at radius 1 is 1.04 bits per heavy atom. The monoisotopic (exact) mass is 340 g/mol. The third-order valence-corrected chi connectivity index (χ3v) is 2.89. The van der Waals surface area contributed by atoms with Crippen LogP contribution in [0.5, 0.6) is 0 Å². The van der Waals surface area contributed by atoms with Crippen molar-refractivity contribution in [3.8, 4) is 0 Å². The molecule has 1 aliphatic heterocycles. The van der Waals surface area contributed by atoms with E-state index in [0.717, 1.165) is 0 Å². The van der Waals surface area contributed by atoms with E-state index in [9.17, 15) is 19.2 Å². The highest BCUT2D eigenvalue weighted by molar-refractivity contribution is 5.87. The summed E-state index contributed by atoms with van der Waals surface area (Å²) in [6, 6.07) is 0. The van der Waals surface area contributed by atoms with Crippen LogP contribution in [0.2, 0.25) is 0 Å². The van der Waals surface area contributed by atoms with E-state index in [1.807, 2.05) is 0 Å². The molecule has 0 bridgehead atoms. The highest BCUT2D eigenvalue weighted by atomic mass is 16.7. The number of rotatable bonds is 5. The van der Waals surface area contributed by atoms with Crippen LogP contribution in [0.15, 0.2) is 24.3 Å². The molecule has 1 aliphatic rings. The summed E-state index contributed by atoms with van der Waals surface area (Å²) < 4.78 is 20.1. The maximum Gasteiger partial charge on any atom is 0.336 e. The standard InChI is InChI=1S/C16H20O8/c1-9(2)14(19)21-8-11-16(24-15(20)10(3)4)23-13(18)7-5-6-12(17)22-11/h11,16H,1,3,5-8H2,2,4H3. The van der Waals surface area contributed by atoms with Crippen LogP contribution in [-0.4, -0.2) is 42.9 Å². The van der Waals surface area contributed by atoms with Crippen molar-refractivity contribution < 1.29 is 38.1 Å². The van der Waals surface area contributed by atoms with Crippen LogP contribution in [0.4, 0.5) is 0 Å². The van der Waals surface area contributed by atoms with Crippen molar-refractivity contribution in [3.63, 3.8) is 0 Å². The van der Waals surface area contributed by atoms with Gasteiger partial charge in [0.15, 0.2) is 0 Å². The number of ether oxygens (including phenoxy) is 4. The van der Waals surface area contributed by atoms with Crippen LogP contribution in [0.1, 0.15) is 33.1 Å². The van der Waals surface area contributed by atoms with Gasteiger partial charge in [0, 0.05) is 24.0 Å². The molecule has 24 heavy (non-hydrogen) atoms. The van der Waals surface area contributed by atoms with Gasteiger partial charge in [-0.2, -0.15) is 0 Å². The first kappa shape index (κ1) is 19.4. The van der Waals surface area contributed by atoms with Crippen molar-refractivity contribution in [3.05, 3.63) is 24.3 Å². The van der Waals surface area contributed by atoms with Gasteiger partial charge in [-0.3, -0.25) is 9.59 Å². The van der Waals surface area contributed by atoms with E-state index in [1.54, 1.807) is 0 Å². The lowest BCUT2D eigenvalue weighted by Gasteiger charge is -2.25. The fourth-order valence-electron chi connectivity index (χ4n) is 1.62. The van der Waals surface area contributed by atoms with E-state index in [0.29, 0.717) is 0 Å². The lowest BCUT2D eigenvalue weighted by Crippen LogP contribution is -2.41. The Balaban J connectivity index is 2.94. The highest BCUT2D eigenvalue weighted by Gasteiger charge is 2.35. The van der Waals surface area contributed by atoms with Gasteiger partial charge >= 0.3 is 23.9 Å². The Hall–Kier alpha value is -2.64. The molecule has 8 heteroatoms. The molecule has 8 nitrogen and oxygen atoms in total. The van der Waals surface area contributed by atoms with Crippen LogP contribution in [0, 0.1) is 0 Å². The average molecular weight is 340 g/mol. The van der Waals surface area contributed by atoms with Crippen LogP contribution in [0.25, 0.3) is 0 Å². The average Bonchev–Trinajstić information content (AvgIpc) is 2.55. The molecule has 132 valence electrons. The zero-order valence-corrected chi connectivity index (χ0v) is 13.7. The van der Waals surface area contributed by atoms with Crippen LogP contribution >= 0.6 is 0 Å². The molecule has 0 saturated carbocycles. The van der Waals surface area contributed by atoms with E-state index in [-0.39, 0.29) is 30.4 Å². The molecule has 0 radical (unpaired) electrons. The summed E-state index contributed by atoms with van der Waals surface area (Å²) in [5.41, 5.74) is 0.201. The SMILES string of the molecule is C=C(C)C(=O)OCC1OC(=O)CCCC(=O)OC1OC(=O)C(=C)C. The summed E-state index contributed by atoms with van der Waals surface area (Å²) in [4.78, 5) is 46.7. The fourth-order valence-corrected chi connectivity index (χ4v) is 1.62. The molecule has 1 heterocycles. The maximum atomic E-state index is 11.7. The first-order valence-corrected chi connectivity index (χ1v) is 7.28. The van der Waals surface area contributed by atoms with E-state index in [4.69, 9.17) is 18.9 Å². The number of carbonyl (C=O) groups excluding carboxylic acids is 4. The van der Waals surface area contributed by atoms with Gasteiger partial charge in [0.2, 0.25) is 6.10 Å². The van der Waals surface area contributed by atoms with Gasteiger partial charge in [0.1, 0.15) is 6.61 Å². The number of hydrogen-bond donors (Lipinski definition) is 0. The minimum Gasteiger partial charge on any atom is -0.458 e. The Kier molecular flexibility index (Phi) is 7.16. The molecular formula is C16H20O8. The minimum atomic E-state index is -1.54. The normalized spacial score (nSPS) is 21.2. The number of carbonyl (C=O) groups is 4. The van der Waals surface area contributed by atoms with Crippen molar-refractivity contribution in [1.29, 1.82) is 0 Å². The second-order valence-corrected chi connectivity index (χ2v) is 5.30. The Bertz CT molecular complexity index is 562. The molecule has 1 saturated heterocycles. The van der Waals surface area contributed by atoms with Gasteiger partial charge in [0.05, 0.1) is 0 Å². The van der Waals surface area contributed by atoms with Gasteiger partial charge in [-0.15, -0.1) is 0 Å². The molecule has 0 N–H and O–H groups in total. The summed E-state index contributed by atoms with van der Waals surface area (Å²) in [6.45, 7) is 9.22. The van der Waals surface area contributed by atoms with Crippen molar-refractivity contribution in [2.24, 2.45) is 0 Å². The van der Waals surface area contributed by atoms with Gasteiger partial charge < -0.3 is 18.9 Å². The second kappa shape index (κ2) is 8.85. The van der Waals surface area contributed by atoms with Gasteiger partial charge in [-0.05, 0) is 20.3 Å². The van der Waals surface area contributed by atoms with Crippen LogP contribution < -0.4 is 0 Å². The highest BCUT2D eigenvalue weighted by Crippen LogP contribution is 2.16. The smallest absolute Gasteiger partial charge is 0.336 e. The molecule has 1 fully saturated rings. The minimum absolute atomic E-state index is 0.0127. The van der Waals surface area contributed by atoms with Gasteiger partial charge in [0.25, 0.3) is 6.29 Å². The molecule has 2 unspecified atom stereocenters. The predicted molar refractivity (Wildman–Crippen MR) is 80.3 cm³/mol. The molecule has 0 aliphatic carbocycles. The lowest BCUT2D eigenvalue weighted by molar-refractivity contribution is -0.216. The molecule has 2 atom stereocenters. The lowest BCUT2D eigenvalue weighted by atomic mass is 10.2. The Morgan fingerprint density at radius 2 is 1.58 bits per heavy atom. The third-order valence-electron chi connectivity index (χ3n) is 2.89. The van der Waals surface area contributed by atoms with Crippen molar-refractivity contribution in [2.45, 2.75) is 45.5 Å². The second-order valence-electron chi connectivity index (χ2n) is 5.30. The largest absolute Gasteiger partial charge is 0.458 e. The quantitative estimate of drug-likeness (QED) is 0.417. The van der Waals surface area contributed by atoms with Gasteiger partial charge in [-0.25, -0.2) is 9.59 Å². The summed E-state index contributed by atoms with van der Waals surface area (Å²) >= 11 is 0. The first-order chi connectivity index (χ1) is 11.2. The summed E-state index contributed by atoms with van der Waals surface area (Å²) in [7, 11) is 0. The first-order valence-electron chi connectivity index (χ1n) is 7.28. The van der Waals surface area contributed by atoms with E-state index in [2.05, 4.69) is 13.2 Å². The number of esters is 4. The molecule has 1 rings (SSSR count). The Morgan fingerprint density at radius 3 is 2.12 bits per heavy atom. The zero-order valence-electron chi connectivity index (χ0n) is 13.7. The fraction of sp³-hybridized carbons (Fsp3) is 0.500. The Labute approximate surface area is 139 Å². The summed E-state index contributed by atoms with van der Waals surface area (Å²) in [5, 5.41) is 0. The van der Waals surface area contributed by atoms with Crippen LogP contribution in [0.3, 0.4) is 0 Å². The van der Waals surface area contributed by atoms with E-state index in [1.165, 1.54) is 13.8 Å². The van der Waals surface area contributed by atoms with E-state index >= 15 is 0 Å². The molecule has 0 aromatic heterocycles. The number of cyclic esters (lactones) is 2.